The van der Waals surface area contributed by atoms with Crippen LogP contribution in [-0.2, 0) is 7.05 Å². The van der Waals surface area contributed by atoms with Crippen LogP contribution in [-0.4, -0.2) is 31.3 Å². The van der Waals surface area contributed by atoms with Crippen LogP contribution in [0.3, 0.4) is 0 Å². The number of nitrogens with one attached hydrogen (secondary N) is 1. The highest BCUT2D eigenvalue weighted by atomic mass is 32.2. The van der Waals surface area contributed by atoms with Gasteiger partial charge >= 0.3 is 0 Å². The molecule has 0 aliphatic rings. The van der Waals surface area contributed by atoms with Crippen molar-refractivity contribution in [3.8, 4) is 0 Å². The van der Waals surface area contributed by atoms with Crippen LogP contribution in [0.2, 0.25) is 0 Å². The van der Waals surface area contributed by atoms with Gasteiger partial charge in [0.2, 0.25) is 0 Å². The summed E-state index contributed by atoms with van der Waals surface area (Å²) in [6, 6.07) is 0. The van der Waals surface area contributed by atoms with E-state index in [1.165, 1.54) is 11.8 Å². The van der Waals surface area contributed by atoms with Gasteiger partial charge in [-0.25, -0.2) is 9.97 Å². The van der Waals surface area contributed by atoms with Gasteiger partial charge in [-0.2, -0.15) is 0 Å². The molecule has 6 nitrogen and oxygen atoms in total. The summed E-state index contributed by atoms with van der Waals surface area (Å²) in [5, 5.41) is 13.0. The topological polar surface area (TPSA) is 68.5 Å². The number of nitrogens with zero attached hydrogens (tertiary/aromatic N) is 5. The number of anilines is 1. The molecule has 2 aromatic rings. The molecule has 2 aromatic heterocycles. The summed E-state index contributed by atoms with van der Waals surface area (Å²) in [5.74, 6) is 1.24. The monoisotopic (exact) mass is 278 g/mol. The fraction of sp³-hybridized carbons (Fsp3) is 0.500. The van der Waals surface area contributed by atoms with Crippen molar-refractivity contribution >= 4 is 17.6 Å². The Balaban J connectivity index is 2.39. The Kier molecular flexibility index (Phi) is 4.36. The SMILES string of the molecule is CCNc1ncnc(Sc2nncn2C)c1C(C)C. The van der Waals surface area contributed by atoms with E-state index in [0.717, 1.165) is 28.1 Å². The minimum atomic E-state index is 0.339. The Morgan fingerprint density at radius 2 is 2.16 bits per heavy atom. The van der Waals surface area contributed by atoms with Crippen LogP contribution in [0.1, 0.15) is 32.3 Å². The lowest BCUT2D eigenvalue weighted by atomic mass is 10.1. The molecular weight excluding hydrogens is 260 g/mol. The predicted molar refractivity (Wildman–Crippen MR) is 75.4 cm³/mol. The zero-order chi connectivity index (χ0) is 13.8. The van der Waals surface area contributed by atoms with Crippen molar-refractivity contribution in [3.63, 3.8) is 0 Å². The highest BCUT2D eigenvalue weighted by Gasteiger charge is 2.17. The Morgan fingerprint density at radius 3 is 2.74 bits per heavy atom. The molecule has 2 rings (SSSR count). The molecular formula is C12H18N6S. The molecule has 1 N–H and O–H groups in total. The normalized spacial score (nSPS) is 11.0. The van der Waals surface area contributed by atoms with Crippen molar-refractivity contribution in [2.45, 2.75) is 36.9 Å². The van der Waals surface area contributed by atoms with Gasteiger partial charge in [-0.3, -0.25) is 0 Å². The molecule has 0 aromatic carbocycles. The van der Waals surface area contributed by atoms with E-state index in [9.17, 15) is 0 Å². The van der Waals surface area contributed by atoms with Gasteiger partial charge < -0.3 is 9.88 Å². The summed E-state index contributed by atoms with van der Waals surface area (Å²) >= 11 is 1.51. The van der Waals surface area contributed by atoms with Crippen molar-refractivity contribution in [1.82, 2.24) is 24.7 Å². The highest BCUT2D eigenvalue weighted by Crippen LogP contribution is 2.34. The molecule has 0 radical (unpaired) electrons. The number of hydrogen-bond donors (Lipinski definition) is 1. The Morgan fingerprint density at radius 1 is 1.37 bits per heavy atom. The van der Waals surface area contributed by atoms with Crippen LogP contribution in [0.5, 0.6) is 0 Å². The molecule has 0 unspecified atom stereocenters. The number of aromatic nitrogens is 5. The molecule has 7 heteroatoms. The van der Waals surface area contributed by atoms with E-state index in [2.05, 4.69) is 46.3 Å². The molecule has 2 heterocycles. The maximum Gasteiger partial charge on any atom is 0.197 e. The van der Waals surface area contributed by atoms with E-state index in [1.54, 1.807) is 12.7 Å². The number of hydrogen-bond acceptors (Lipinski definition) is 6. The summed E-state index contributed by atoms with van der Waals surface area (Å²) in [5.41, 5.74) is 1.12. The fourth-order valence-electron chi connectivity index (χ4n) is 1.74. The quantitative estimate of drug-likeness (QED) is 0.846. The van der Waals surface area contributed by atoms with E-state index in [0.29, 0.717) is 5.92 Å². The van der Waals surface area contributed by atoms with Crippen LogP contribution in [0, 0.1) is 0 Å². The lowest BCUT2D eigenvalue weighted by molar-refractivity contribution is 0.775. The maximum atomic E-state index is 4.39. The minimum absolute atomic E-state index is 0.339. The Hall–Kier alpha value is -1.63. The van der Waals surface area contributed by atoms with Gasteiger partial charge in [-0.05, 0) is 24.6 Å². The highest BCUT2D eigenvalue weighted by molar-refractivity contribution is 7.99. The third-order valence-electron chi connectivity index (χ3n) is 2.63. The third-order valence-corrected chi connectivity index (χ3v) is 3.70. The van der Waals surface area contributed by atoms with Crippen LogP contribution >= 0.6 is 11.8 Å². The zero-order valence-corrected chi connectivity index (χ0v) is 12.4. The van der Waals surface area contributed by atoms with Crippen LogP contribution < -0.4 is 5.32 Å². The fourth-order valence-corrected chi connectivity index (χ4v) is 2.74. The molecule has 19 heavy (non-hydrogen) atoms. The molecule has 0 aliphatic carbocycles. The van der Waals surface area contributed by atoms with E-state index in [4.69, 9.17) is 0 Å². The van der Waals surface area contributed by atoms with Crippen molar-refractivity contribution in [2.24, 2.45) is 7.05 Å². The van der Waals surface area contributed by atoms with Crippen molar-refractivity contribution in [3.05, 3.63) is 18.2 Å². The lowest BCUT2D eigenvalue weighted by Crippen LogP contribution is -2.07. The van der Waals surface area contributed by atoms with Crippen molar-refractivity contribution in [1.29, 1.82) is 0 Å². The van der Waals surface area contributed by atoms with E-state index in [-0.39, 0.29) is 0 Å². The summed E-state index contributed by atoms with van der Waals surface area (Å²) < 4.78 is 1.88. The van der Waals surface area contributed by atoms with Gasteiger partial charge in [0.25, 0.3) is 0 Å². The first-order valence-corrected chi connectivity index (χ1v) is 7.05. The first-order valence-electron chi connectivity index (χ1n) is 6.24. The number of rotatable bonds is 5. The molecule has 0 saturated carbocycles. The average Bonchev–Trinajstić information content (AvgIpc) is 2.75. The molecule has 0 fully saturated rings. The second-order valence-electron chi connectivity index (χ2n) is 4.45. The Labute approximate surface area is 117 Å². The predicted octanol–water partition coefficient (Wildman–Crippen LogP) is 2.31. The summed E-state index contributed by atoms with van der Waals surface area (Å²) in [6.45, 7) is 7.17. The van der Waals surface area contributed by atoms with Gasteiger partial charge in [0.1, 0.15) is 23.5 Å². The van der Waals surface area contributed by atoms with Crippen LogP contribution in [0.4, 0.5) is 5.82 Å². The second-order valence-corrected chi connectivity index (χ2v) is 5.41. The average molecular weight is 278 g/mol. The third kappa shape index (κ3) is 3.04. The lowest BCUT2D eigenvalue weighted by Gasteiger charge is -2.15. The van der Waals surface area contributed by atoms with Gasteiger partial charge in [0.05, 0.1) is 0 Å². The summed E-state index contributed by atoms with van der Waals surface area (Å²) in [6.07, 6.45) is 3.27. The maximum absolute atomic E-state index is 4.39. The largest absolute Gasteiger partial charge is 0.370 e. The van der Waals surface area contributed by atoms with Gasteiger partial charge in [0, 0.05) is 19.2 Å². The standard InChI is InChI=1S/C12H18N6S/c1-5-13-10-9(8(2)3)11(15-6-14-10)19-12-17-16-7-18(12)4/h6-8H,5H2,1-4H3,(H,13,14,15). The van der Waals surface area contributed by atoms with E-state index < -0.39 is 0 Å². The number of aryl methyl sites for hydroxylation is 1. The summed E-state index contributed by atoms with van der Waals surface area (Å²) in [4.78, 5) is 8.71. The second kappa shape index (κ2) is 6.01. The smallest absolute Gasteiger partial charge is 0.197 e. The van der Waals surface area contributed by atoms with Gasteiger partial charge in [-0.15, -0.1) is 10.2 Å². The van der Waals surface area contributed by atoms with Gasteiger partial charge in [0.15, 0.2) is 5.16 Å². The first kappa shape index (κ1) is 13.8. The summed E-state index contributed by atoms with van der Waals surface area (Å²) in [7, 11) is 1.92. The van der Waals surface area contributed by atoms with Crippen molar-refractivity contribution in [2.75, 3.05) is 11.9 Å². The van der Waals surface area contributed by atoms with Gasteiger partial charge in [-0.1, -0.05) is 13.8 Å². The van der Waals surface area contributed by atoms with Crippen LogP contribution in [0.25, 0.3) is 0 Å². The molecule has 102 valence electrons. The Bertz CT molecular complexity index is 551. The minimum Gasteiger partial charge on any atom is -0.370 e. The van der Waals surface area contributed by atoms with Crippen molar-refractivity contribution < 1.29 is 0 Å². The molecule has 0 bridgehead atoms. The van der Waals surface area contributed by atoms with E-state index in [1.807, 2.05) is 11.6 Å². The molecule has 0 saturated heterocycles. The van der Waals surface area contributed by atoms with Crippen LogP contribution in [0.15, 0.2) is 22.8 Å². The molecule has 0 atom stereocenters. The zero-order valence-electron chi connectivity index (χ0n) is 11.6. The molecule has 0 aliphatic heterocycles. The molecule has 0 spiro atoms. The first-order chi connectivity index (χ1) is 9.13. The molecule has 0 amide bonds. The van der Waals surface area contributed by atoms with E-state index >= 15 is 0 Å².